The van der Waals surface area contributed by atoms with Crippen molar-refractivity contribution < 1.29 is 14.2 Å². The molecule has 1 aromatic carbocycles. The molecule has 1 fully saturated rings. The molecular weight excluding hydrogens is 254 g/mol. The van der Waals surface area contributed by atoms with Gasteiger partial charge in [0.05, 0.1) is 18.8 Å². The van der Waals surface area contributed by atoms with Crippen LogP contribution in [0.15, 0.2) is 24.3 Å². The highest BCUT2D eigenvalue weighted by atomic mass is 16.6. The standard InChI is InChI=1S/C16H23NO3/c1-17-16-13-7-2-3-8-14(13)20-11-15(16)19-10-12-6-4-5-9-18-12/h2-3,7-8,12,15-17H,4-6,9-11H2,1H3. The lowest BCUT2D eigenvalue weighted by Gasteiger charge is -2.34. The molecule has 2 aliphatic heterocycles. The molecule has 20 heavy (non-hydrogen) atoms. The maximum Gasteiger partial charge on any atom is 0.124 e. The first-order valence-corrected chi connectivity index (χ1v) is 7.50. The van der Waals surface area contributed by atoms with Gasteiger partial charge < -0.3 is 19.5 Å². The SMILES string of the molecule is CNC1c2ccccc2OCC1OCC1CCCCO1. The van der Waals surface area contributed by atoms with Gasteiger partial charge in [0.2, 0.25) is 0 Å². The van der Waals surface area contributed by atoms with E-state index in [0.29, 0.717) is 13.2 Å². The largest absolute Gasteiger partial charge is 0.490 e. The Hall–Kier alpha value is -1.10. The van der Waals surface area contributed by atoms with Gasteiger partial charge >= 0.3 is 0 Å². The Labute approximate surface area is 120 Å². The predicted octanol–water partition coefficient (Wildman–Crippen LogP) is 2.29. The van der Waals surface area contributed by atoms with E-state index < -0.39 is 0 Å². The average Bonchev–Trinajstić information content (AvgIpc) is 2.53. The number of likely N-dealkylation sites (N-methyl/N-ethyl adjacent to an activating group) is 1. The summed E-state index contributed by atoms with van der Waals surface area (Å²) in [5.74, 6) is 0.959. The summed E-state index contributed by atoms with van der Waals surface area (Å²) in [5.41, 5.74) is 1.18. The van der Waals surface area contributed by atoms with E-state index in [4.69, 9.17) is 14.2 Å². The number of fused-ring (bicyclic) bond motifs is 1. The lowest BCUT2D eigenvalue weighted by atomic mass is 9.98. The third kappa shape index (κ3) is 2.97. The number of rotatable bonds is 4. The van der Waals surface area contributed by atoms with Crippen molar-refractivity contribution in [3.05, 3.63) is 29.8 Å². The Kier molecular flexibility index (Phi) is 4.55. The predicted molar refractivity (Wildman–Crippen MR) is 77.1 cm³/mol. The fourth-order valence-corrected chi connectivity index (χ4v) is 2.99. The van der Waals surface area contributed by atoms with E-state index in [9.17, 15) is 0 Å². The molecule has 3 rings (SSSR count). The van der Waals surface area contributed by atoms with E-state index in [1.54, 1.807) is 0 Å². The van der Waals surface area contributed by atoms with Crippen molar-refractivity contribution in [2.24, 2.45) is 0 Å². The Morgan fingerprint density at radius 3 is 3.00 bits per heavy atom. The first kappa shape index (κ1) is 13.9. The van der Waals surface area contributed by atoms with E-state index in [2.05, 4.69) is 11.4 Å². The van der Waals surface area contributed by atoms with E-state index in [1.165, 1.54) is 18.4 Å². The third-order valence-electron chi connectivity index (χ3n) is 4.11. The molecule has 1 N–H and O–H groups in total. The summed E-state index contributed by atoms with van der Waals surface area (Å²) < 4.78 is 17.6. The Morgan fingerprint density at radius 1 is 1.30 bits per heavy atom. The second-order valence-corrected chi connectivity index (χ2v) is 5.48. The molecule has 0 saturated carbocycles. The van der Waals surface area contributed by atoms with Gasteiger partial charge in [0.25, 0.3) is 0 Å². The minimum Gasteiger partial charge on any atom is -0.490 e. The molecule has 0 aromatic heterocycles. The molecule has 0 amide bonds. The van der Waals surface area contributed by atoms with Crippen LogP contribution in [0.25, 0.3) is 0 Å². The number of nitrogens with one attached hydrogen (secondary N) is 1. The summed E-state index contributed by atoms with van der Waals surface area (Å²) in [4.78, 5) is 0. The van der Waals surface area contributed by atoms with Crippen LogP contribution in [0.1, 0.15) is 30.9 Å². The number of benzene rings is 1. The van der Waals surface area contributed by atoms with Crippen molar-refractivity contribution >= 4 is 0 Å². The van der Waals surface area contributed by atoms with Gasteiger partial charge in [-0.25, -0.2) is 0 Å². The summed E-state index contributed by atoms with van der Waals surface area (Å²) in [7, 11) is 1.97. The van der Waals surface area contributed by atoms with Crippen molar-refractivity contribution in [1.82, 2.24) is 5.32 Å². The first-order valence-electron chi connectivity index (χ1n) is 7.50. The molecular formula is C16H23NO3. The van der Waals surface area contributed by atoms with Gasteiger partial charge in [-0.05, 0) is 32.4 Å². The Balaban J connectivity index is 1.62. The van der Waals surface area contributed by atoms with Crippen LogP contribution in [-0.4, -0.2) is 39.1 Å². The molecule has 2 heterocycles. The molecule has 4 nitrogen and oxygen atoms in total. The molecule has 3 unspecified atom stereocenters. The van der Waals surface area contributed by atoms with Crippen molar-refractivity contribution in [2.45, 2.75) is 37.5 Å². The van der Waals surface area contributed by atoms with Crippen LogP contribution in [-0.2, 0) is 9.47 Å². The van der Waals surface area contributed by atoms with Crippen LogP contribution < -0.4 is 10.1 Å². The van der Waals surface area contributed by atoms with Crippen molar-refractivity contribution in [1.29, 1.82) is 0 Å². The summed E-state index contributed by atoms with van der Waals surface area (Å²) in [6.07, 6.45) is 3.82. The highest BCUT2D eigenvalue weighted by Gasteiger charge is 2.31. The van der Waals surface area contributed by atoms with Crippen LogP contribution in [0, 0.1) is 0 Å². The number of ether oxygens (including phenoxy) is 3. The molecule has 110 valence electrons. The molecule has 3 atom stereocenters. The highest BCUT2D eigenvalue weighted by Crippen LogP contribution is 2.33. The van der Waals surface area contributed by atoms with E-state index in [1.807, 2.05) is 25.2 Å². The van der Waals surface area contributed by atoms with Crippen LogP contribution in [0.4, 0.5) is 0 Å². The van der Waals surface area contributed by atoms with E-state index in [-0.39, 0.29) is 18.2 Å². The fraction of sp³-hybridized carbons (Fsp3) is 0.625. The topological polar surface area (TPSA) is 39.7 Å². The second-order valence-electron chi connectivity index (χ2n) is 5.48. The lowest BCUT2D eigenvalue weighted by molar-refractivity contribution is -0.0842. The van der Waals surface area contributed by atoms with Crippen LogP contribution in [0.5, 0.6) is 5.75 Å². The van der Waals surface area contributed by atoms with Crippen molar-refractivity contribution in [3.8, 4) is 5.75 Å². The zero-order chi connectivity index (χ0) is 13.8. The second kappa shape index (κ2) is 6.57. The third-order valence-corrected chi connectivity index (χ3v) is 4.11. The molecule has 1 aromatic rings. The number of hydrogen-bond acceptors (Lipinski definition) is 4. The molecule has 0 bridgehead atoms. The van der Waals surface area contributed by atoms with Crippen LogP contribution >= 0.6 is 0 Å². The molecule has 0 radical (unpaired) electrons. The smallest absolute Gasteiger partial charge is 0.124 e. The van der Waals surface area contributed by atoms with Crippen LogP contribution in [0.2, 0.25) is 0 Å². The van der Waals surface area contributed by atoms with Gasteiger partial charge in [-0.15, -0.1) is 0 Å². The highest BCUT2D eigenvalue weighted by molar-refractivity contribution is 5.38. The van der Waals surface area contributed by atoms with Gasteiger partial charge in [-0.2, -0.15) is 0 Å². The normalized spacial score (nSPS) is 29.6. The maximum atomic E-state index is 6.07. The zero-order valence-electron chi connectivity index (χ0n) is 12.0. The van der Waals surface area contributed by atoms with Crippen molar-refractivity contribution in [3.63, 3.8) is 0 Å². The monoisotopic (exact) mass is 277 g/mol. The fourth-order valence-electron chi connectivity index (χ4n) is 2.99. The molecule has 0 spiro atoms. The zero-order valence-corrected chi connectivity index (χ0v) is 12.0. The summed E-state index contributed by atoms with van der Waals surface area (Å²) >= 11 is 0. The number of hydrogen-bond donors (Lipinski definition) is 1. The van der Waals surface area contributed by atoms with Gasteiger partial charge in [-0.3, -0.25) is 0 Å². The van der Waals surface area contributed by atoms with Gasteiger partial charge in [0.1, 0.15) is 18.5 Å². The van der Waals surface area contributed by atoms with Gasteiger partial charge in [0, 0.05) is 12.2 Å². The number of para-hydroxylation sites is 1. The molecule has 2 aliphatic rings. The summed E-state index contributed by atoms with van der Waals surface area (Å²) in [5, 5.41) is 3.35. The van der Waals surface area contributed by atoms with E-state index >= 15 is 0 Å². The quantitative estimate of drug-likeness (QED) is 0.916. The molecule has 1 saturated heterocycles. The molecule has 0 aliphatic carbocycles. The minimum atomic E-state index is 0.0421. The van der Waals surface area contributed by atoms with Crippen LogP contribution in [0.3, 0.4) is 0 Å². The Morgan fingerprint density at radius 2 is 2.20 bits per heavy atom. The Bertz CT molecular complexity index is 431. The summed E-state index contributed by atoms with van der Waals surface area (Å²) in [6, 6.07) is 8.34. The molecule has 4 heteroatoms. The summed E-state index contributed by atoms with van der Waals surface area (Å²) in [6.45, 7) is 2.12. The average molecular weight is 277 g/mol. The first-order chi connectivity index (χ1) is 9.88. The minimum absolute atomic E-state index is 0.0421. The van der Waals surface area contributed by atoms with Gasteiger partial charge in [-0.1, -0.05) is 18.2 Å². The van der Waals surface area contributed by atoms with Gasteiger partial charge in [0.15, 0.2) is 0 Å². The van der Waals surface area contributed by atoms with Crippen molar-refractivity contribution in [2.75, 3.05) is 26.9 Å². The van der Waals surface area contributed by atoms with E-state index in [0.717, 1.165) is 18.8 Å². The maximum absolute atomic E-state index is 6.07. The lowest BCUT2D eigenvalue weighted by Crippen LogP contribution is -2.41.